The van der Waals surface area contributed by atoms with Crippen LogP contribution in [0.15, 0.2) is 49.1 Å². The van der Waals surface area contributed by atoms with E-state index >= 15 is 0 Å². The maximum Gasteiger partial charge on any atom is 0.198 e. The lowest BCUT2D eigenvalue weighted by Gasteiger charge is -2.19. The van der Waals surface area contributed by atoms with Crippen molar-refractivity contribution in [3.63, 3.8) is 0 Å². The Bertz CT molecular complexity index is 774. The lowest BCUT2D eigenvalue weighted by atomic mass is 9.83. The molecule has 0 saturated carbocycles. The Hall–Kier alpha value is -2.88. The van der Waals surface area contributed by atoms with Gasteiger partial charge < -0.3 is 9.84 Å². The van der Waals surface area contributed by atoms with Crippen molar-refractivity contribution in [1.82, 2.24) is 0 Å². The second-order valence-electron chi connectivity index (χ2n) is 4.64. The van der Waals surface area contributed by atoms with E-state index in [1.54, 1.807) is 24.3 Å². The van der Waals surface area contributed by atoms with Gasteiger partial charge in [-0.15, -0.1) is 0 Å². The van der Waals surface area contributed by atoms with Gasteiger partial charge in [-0.05, 0) is 12.1 Å². The fourth-order valence-electron chi connectivity index (χ4n) is 2.42. The Morgan fingerprint density at radius 2 is 1.67 bits per heavy atom. The molecule has 21 heavy (non-hydrogen) atoms. The number of rotatable bonds is 3. The molecule has 1 N–H and O–H groups in total. The van der Waals surface area contributed by atoms with Crippen molar-refractivity contribution >= 4 is 11.6 Å². The van der Waals surface area contributed by atoms with E-state index in [2.05, 4.69) is 6.58 Å². The first-order chi connectivity index (χ1) is 10.1. The van der Waals surface area contributed by atoms with Crippen molar-refractivity contribution in [2.75, 3.05) is 6.61 Å². The summed E-state index contributed by atoms with van der Waals surface area (Å²) in [7, 11) is 0. The minimum atomic E-state index is -0.373. The lowest BCUT2D eigenvalue weighted by Crippen LogP contribution is -2.21. The summed E-state index contributed by atoms with van der Waals surface area (Å²) in [6.45, 7) is 3.72. The summed E-state index contributed by atoms with van der Waals surface area (Å²) in [5.41, 5.74) is 0.850. The summed E-state index contributed by atoms with van der Waals surface area (Å²) in [6.07, 6.45) is 1.53. The van der Waals surface area contributed by atoms with Crippen LogP contribution in [0, 0.1) is 0 Å². The van der Waals surface area contributed by atoms with E-state index in [0.717, 1.165) is 0 Å². The molecule has 2 aromatic rings. The maximum atomic E-state index is 12.5. The lowest BCUT2D eigenvalue weighted by molar-refractivity contribution is 0.0976. The van der Waals surface area contributed by atoms with E-state index in [1.165, 1.54) is 18.2 Å². The van der Waals surface area contributed by atoms with E-state index in [9.17, 15) is 14.7 Å². The van der Waals surface area contributed by atoms with Gasteiger partial charge in [-0.3, -0.25) is 9.59 Å². The normalized spacial score (nSPS) is 12.6. The molecule has 0 aliphatic heterocycles. The molecule has 1 aliphatic rings. The van der Waals surface area contributed by atoms with E-state index < -0.39 is 0 Å². The van der Waals surface area contributed by atoms with Gasteiger partial charge in [0.2, 0.25) is 0 Å². The number of ether oxygens (including phenoxy) is 1. The first-order valence-electron chi connectivity index (χ1n) is 6.43. The van der Waals surface area contributed by atoms with Gasteiger partial charge in [0.1, 0.15) is 6.61 Å². The average molecular weight is 280 g/mol. The van der Waals surface area contributed by atoms with Crippen LogP contribution in [0.1, 0.15) is 31.8 Å². The van der Waals surface area contributed by atoms with Gasteiger partial charge >= 0.3 is 0 Å². The average Bonchev–Trinajstić information content (AvgIpc) is 2.51. The zero-order valence-corrected chi connectivity index (χ0v) is 11.1. The minimum absolute atomic E-state index is 0.000243. The van der Waals surface area contributed by atoms with E-state index in [1.807, 2.05) is 0 Å². The molecule has 0 fully saturated rings. The van der Waals surface area contributed by atoms with Gasteiger partial charge in [0.15, 0.2) is 23.1 Å². The predicted molar refractivity (Wildman–Crippen MR) is 77.1 cm³/mol. The van der Waals surface area contributed by atoms with E-state index in [0.29, 0.717) is 11.1 Å². The third kappa shape index (κ3) is 1.92. The molecule has 0 atom stereocenters. The Balaban J connectivity index is 2.19. The zero-order chi connectivity index (χ0) is 15.0. The molecule has 1 aliphatic carbocycles. The summed E-state index contributed by atoms with van der Waals surface area (Å²) < 4.78 is 5.29. The highest BCUT2D eigenvalue weighted by molar-refractivity contribution is 6.29. The van der Waals surface area contributed by atoms with Crippen LogP contribution in [0.25, 0.3) is 0 Å². The molecule has 0 unspecified atom stereocenters. The summed E-state index contributed by atoms with van der Waals surface area (Å²) in [4.78, 5) is 24.9. The van der Waals surface area contributed by atoms with Crippen molar-refractivity contribution < 1.29 is 19.4 Å². The molecule has 3 rings (SSSR count). The number of hydrogen-bond donors (Lipinski definition) is 1. The summed E-state index contributed by atoms with van der Waals surface area (Å²) in [6, 6.07) is 9.56. The number of aromatic hydroxyl groups is 1. The Labute approximate surface area is 121 Å². The standard InChI is InChI=1S/C17H12O4/c1-2-9-21-13-8-7-12-14(17(13)20)16(19)11-6-4-3-5-10(11)15(12)18/h2-8,20H,1,9H2. The second-order valence-corrected chi connectivity index (χ2v) is 4.64. The number of phenolic OH excluding ortho intramolecular Hbond substituents is 1. The van der Waals surface area contributed by atoms with Crippen LogP contribution in [0.5, 0.6) is 11.5 Å². The molecule has 0 aromatic heterocycles. The highest BCUT2D eigenvalue weighted by Gasteiger charge is 2.32. The van der Waals surface area contributed by atoms with Crippen LogP contribution in [-0.4, -0.2) is 23.3 Å². The molecule has 0 radical (unpaired) electrons. The summed E-state index contributed by atoms with van der Waals surface area (Å²) >= 11 is 0. The SMILES string of the molecule is C=CCOc1ccc2c(c1O)C(=O)c1ccccc1C2=O. The number of hydrogen-bond acceptors (Lipinski definition) is 4. The molecule has 0 amide bonds. The molecular formula is C17H12O4. The number of phenols is 1. The number of ketones is 2. The molecule has 4 heteroatoms. The fraction of sp³-hybridized carbons (Fsp3) is 0.0588. The van der Waals surface area contributed by atoms with Gasteiger partial charge in [0.25, 0.3) is 0 Å². The predicted octanol–water partition coefficient (Wildman–Crippen LogP) is 2.73. The van der Waals surface area contributed by atoms with Crippen molar-refractivity contribution in [3.05, 3.63) is 71.3 Å². The Morgan fingerprint density at radius 3 is 2.33 bits per heavy atom. The number of carbonyl (C=O) groups excluding carboxylic acids is 2. The monoisotopic (exact) mass is 280 g/mol. The number of fused-ring (bicyclic) bond motifs is 2. The third-order valence-corrected chi connectivity index (χ3v) is 3.39. The van der Waals surface area contributed by atoms with Crippen LogP contribution in [0.3, 0.4) is 0 Å². The molecule has 104 valence electrons. The van der Waals surface area contributed by atoms with Crippen molar-refractivity contribution in [3.8, 4) is 11.5 Å². The van der Waals surface area contributed by atoms with Crippen LogP contribution in [0.4, 0.5) is 0 Å². The van der Waals surface area contributed by atoms with Crippen molar-refractivity contribution in [1.29, 1.82) is 0 Å². The first-order valence-corrected chi connectivity index (χ1v) is 6.43. The highest BCUT2D eigenvalue weighted by atomic mass is 16.5. The summed E-state index contributed by atoms with van der Waals surface area (Å²) in [5.74, 6) is -0.788. The topological polar surface area (TPSA) is 63.6 Å². The smallest absolute Gasteiger partial charge is 0.198 e. The van der Waals surface area contributed by atoms with Crippen molar-refractivity contribution in [2.24, 2.45) is 0 Å². The molecule has 4 nitrogen and oxygen atoms in total. The minimum Gasteiger partial charge on any atom is -0.504 e. The Morgan fingerprint density at radius 1 is 1.00 bits per heavy atom. The highest BCUT2D eigenvalue weighted by Crippen LogP contribution is 2.38. The zero-order valence-electron chi connectivity index (χ0n) is 11.1. The quantitative estimate of drug-likeness (QED) is 0.749. The van der Waals surface area contributed by atoms with Gasteiger partial charge in [-0.1, -0.05) is 36.9 Å². The van der Waals surface area contributed by atoms with Crippen molar-refractivity contribution in [2.45, 2.75) is 0 Å². The van der Waals surface area contributed by atoms with Crippen LogP contribution in [-0.2, 0) is 0 Å². The van der Waals surface area contributed by atoms with Gasteiger partial charge in [-0.25, -0.2) is 0 Å². The van der Waals surface area contributed by atoms with Gasteiger partial charge in [0, 0.05) is 16.7 Å². The number of carbonyl (C=O) groups is 2. The maximum absolute atomic E-state index is 12.5. The second kappa shape index (κ2) is 4.90. The fourth-order valence-corrected chi connectivity index (χ4v) is 2.42. The molecule has 0 spiro atoms. The Kier molecular flexibility index (Phi) is 3.06. The molecule has 2 aromatic carbocycles. The molecule has 0 bridgehead atoms. The molecular weight excluding hydrogens is 268 g/mol. The van der Waals surface area contributed by atoms with Gasteiger partial charge in [0.05, 0.1) is 5.56 Å². The van der Waals surface area contributed by atoms with E-state index in [-0.39, 0.29) is 40.8 Å². The van der Waals surface area contributed by atoms with E-state index in [4.69, 9.17) is 4.74 Å². The first kappa shape index (κ1) is 13.1. The molecule has 0 heterocycles. The largest absolute Gasteiger partial charge is 0.504 e. The summed E-state index contributed by atoms with van der Waals surface area (Å²) in [5, 5.41) is 10.2. The van der Waals surface area contributed by atoms with Crippen LogP contribution >= 0.6 is 0 Å². The number of benzene rings is 2. The third-order valence-electron chi connectivity index (χ3n) is 3.39. The molecule has 0 saturated heterocycles. The van der Waals surface area contributed by atoms with Crippen LogP contribution < -0.4 is 4.74 Å². The van der Waals surface area contributed by atoms with Crippen LogP contribution in [0.2, 0.25) is 0 Å². The van der Waals surface area contributed by atoms with Gasteiger partial charge in [-0.2, -0.15) is 0 Å².